The van der Waals surface area contributed by atoms with Gasteiger partial charge in [-0.3, -0.25) is 4.79 Å². The minimum atomic E-state index is -0.824. The summed E-state index contributed by atoms with van der Waals surface area (Å²) in [6.07, 6.45) is 0.0213. The predicted octanol–water partition coefficient (Wildman–Crippen LogP) is 1.14. The minimum Gasteiger partial charge on any atom is -0.481 e. The molecule has 0 bridgehead atoms. The van der Waals surface area contributed by atoms with Crippen molar-refractivity contribution in [2.24, 2.45) is 0 Å². The molecule has 0 saturated heterocycles. The van der Waals surface area contributed by atoms with Crippen molar-refractivity contribution in [2.45, 2.75) is 19.9 Å². The van der Waals surface area contributed by atoms with Gasteiger partial charge in [-0.1, -0.05) is 0 Å². The molecule has 0 amide bonds. The first-order valence-electron chi connectivity index (χ1n) is 4.30. The van der Waals surface area contributed by atoms with E-state index >= 15 is 0 Å². The van der Waals surface area contributed by atoms with E-state index in [1.54, 1.807) is 11.3 Å². The monoisotopic (exact) mass is 214 g/mol. The van der Waals surface area contributed by atoms with E-state index in [0.29, 0.717) is 5.69 Å². The van der Waals surface area contributed by atoms with Gasteiger partial charge in [-0.15, -0.1) is 11.3 Å². The highest BCUT2D eigenvalue weighted by atomic mass is 32.1. The predicted molar refractivity (Wildman–Crippen MR) is 55.6 cm³/mol. The van der Waals surface area contributed by atoms with Crippen LogP contribution in [0.5, 0.6) is 0 Å². The van der Waals surface area contributed by atoms with E-state index in [1.165, 1.54) is 0 Å². The third-order valence-corrected chi connectivity index (χ3v) is 2.66. The van der Waals surface area contributed by atoms with Crippen LogP contribution in [0.4, 0.5) is 0 Å². The van der Waals surface area contributed by atoms with Gasteiger partial charge in [-0.05, 0) is 21.0 Å². The Morgan fingerprint density at radius 1 is 1.57 bits per heavy atom. The van der Waals surface area contributed by atoms with E-state index in [9.17, 15) is 4.79 Å². The maximum Gasteiger partial charge on any atom is 0.309 e. The summed E-state index contributed by atoms with van der Waals surface area (Å²) >= 11 is 1.57. The second-order valence-electron chi connectivity index (χ2n) is 3.41. The second kappa shape index (κ2) is 4.52. The fourth-order valence-corrected chi connectivity index (χ4v) is 2.28. The molecular formula is C9H14N2O2S. The quantitative estimate of drug-likeness (QED) is 0.816. The Morgan fingerprint density at radius 2 is 2.21 bits per heavy atom. The molecule has 0 aliphatic heterocycles. The number of nitrogens with zero attached hydrogens (tertiary/aromatic N) is 2. The number of carboxylic acids is 1. The Bertz CT molecular complexity index is 334. The molecular weight excluding hydrogens is 200 g/mol. The minimum absolute atomic E-state index is 0.0213. The number of hydrogen-bond donors (Lipinski definition) is 1. The van der Waals surface area contributed by atoms with Gasteiger partial charge in [-0.25, -0.2) is 4.98 Å². The molecule has 0 aromatic carbocycles. The highest BCUT2D eigenvalue weighted by Crippen LogP contribution is 2.19. The Hall–Kier alpha value is -0.940. The largest absolute Gasteiger partial charge is 0.481 e. The number of aromatic nitrogens is 1. The van der Waals surface area contributed by atoms with Crippen molar-refractivity contribution >= 4 is 17.3 Å². The summed E-state index contributed by atoms with van der Waals surface area (Å²) in [6, 6.07) is 0. The maximum absolute atomic E-state index is 10.6. The van der Waals surface area contributed by atoms with Crippen molar-refractivity contribution in [1.82, 2.24) is 9.88 Å². The topological polar surface area (TPSA) is 53.4 Å². The van der Waals surface area contributed by atoms with Gasteiger partial charge >= 0.3 is 5.97 Å². The Kier molecular flexibility index (Phi) is 3.60. The molecule has 1 aromatic heterocycles. The Labute approximate surface area is 87.2 Å². The van der Waals surface area contributed by atoms with Gasteiger partial charge in [-0.2, -0.15) is 0 Å². The van der Waals surface area contributed by atoms with Crippen molar-refractivity contribution in [2.75, 3.05) is 14.1 Å². The SMILES string of the molecule is Cc1nc(CC(=O)O)c(CN(C)C)s1. The van der Waals surface area contributed by atoms with Crippen LogP contribution in [-0.2, 0) is 17.8 Å². The third kappa shape index (κ3) is 3.08. The molecule has 0 spiro atoms. The highest BCUT2D eigenvalue weighted by molar-refractivity contribution is 7.11. The van der Waals surface area contributed by atoms with Crippen LogP contribution >= 0.6 is 11.3 Å². The molecule has 0 unspecified atom stereocenters. The summed E-state index contributed by atoms with van der Waals surface area (Å²) in [6.45, 7) is 2.66. The van der Waals surface area contributed by atoms with E-state index < -0.39 is 5.97 Å². The number of thiazole rings is 1. The molecule has 5 heteroatoms. The van der Waals surface area contributed by atoms with Crippen molar-refractivity contribution in [3.63, 3.8) is 0 Å². The number of hydrogen-bond acceptors (Lipinski definition) is 4. The van der Waals surface area contributed by atoms with Gasteiger partial charge in [0.1, 0.15) is 0 Å². The lowest BCUT2D eigenvalue weighted by atomic mass is 10.2. The molecule has 1 aromatic rings. The summed E-state index contributed by atoms with van der Waals surface area (Å²) in [5.41, 5.74) is 0.703. The van der Waals surface area contributed by atoms with Crippen LogP contribution in [0.2, 0.25) is 0 Å². The zero-order chi connectivity index (χ0) is 10.7. The standard InChI is InChI=1S/C9H14N2O2S/c1-6-10-7(4-9(12)13)8(14-6)5-11(2)3/h4-5H2,1-3H3,(H,12,13). The summed E-state index contributed by atoms with van der Waals surface area (Å²) < 4.78 is 0. The van der Waals surface area contributed by atoms with Crippen molar-refractivity contribution in [3.8, 4) is 0 Å². The highest BCUT2D eigenvalue weighted by Gasteiger charge is 2.12. The van der Waals surface area contributed by atoms with Crippen LogP contribution in [0.15, 0.2) is 0 Å². The van der Waals surface area contributed by atoms with Crippen molar-refractivity contribution < 1.29 is 9.90 Å². The number of aliphatic carboxylic acids is 1. The first kappa shape index (κ1) is 11.1. The van der Waals surface area contributed by atoms with E-state index in [0.717, 1.165) is 16.4 Å². The lowest BCUT2D eigenvalue weighted by Gasteiger charge is -2.07. The third-order valence-electron chi connectivity index (χ3n) is 1.66. The van der Waals surface area contributed by atoms with Crippen LogP contribution in [0.3, 0.4) is 0 Å². The molecule has 1 heterocycles. The second-order valence-corrected chi connectivity index (χ2v) is 4.70. The molecule has 0 radical (unpaired) electrons. The molecule has 1 rings (SSSR count). The molecule has 0 fully saturated rings. The van der Waals surface area contributed by atoms with Crippen molar-refractivity contribution in [3.05, 3.63) is 15.6 Å². The number of rotatable bonds is 4. The summed E-state index contributed by atoms with van der Waals surface area (Å²) in [7, 11) is 3.92. The Balaban J connectivity index is 2.85. The molecule has 0 atom stereocenters. The van der Waals surface area contributed by atoms with E-state index in [-0.39, 0.29) is 6.42 Å². The van der Waals surface area contributed by atoms with Gasteiger partial charge in [0, 0.05) is 11.4 Å². The zero-order valence-electron chi connectivity index (χ0n) is 8.57. The molecule has 0 saturated carbocycles. The normalized spacial score (nSPS) is 10.9. The fourth-order valence-electron chi connectivity index (χ4n) is 1.20. The number of carbonyl (C=O) groups is 1. The van der Waals surface area contributed by atoms with Crippen molar-refractivity contribution in [1.29, 1.82) is 0 Å². The number of carboxylic acid groups (broad SMARTS) is 1. The van der Waals surface area contributed by atoms with Gasteiger partial charge in [0.05, 0.1) is 17.1 Å². The van der Waals surface area contributed by atoms with E-state index in [4.69, 9.17) is 5.11 Å². The van der Waals surface area contributed by atoms with Crippen LogP contribution in [0.25, 0.3) is 0 Å². The summed E-state index contributed by atoms with van der Waals surface area (Å²) in [4.78, 5) is 17.8. The number of aryl methyl sites for hydroxylation is 1. The average Bonchev–Trinajstić information content (AvgIpc) is 2.28. The van der Waals surface area contributed by atoms with E-state index in [2.05, 4.69) is 4.98 Å². The van der Waals surface area contributed by atoms with Crippen LogP contribution in [0.1, 0.15) is 15.6 Å². The van der Waals surface area contributed by atoms with Gasteiger partial charge < -0.3 is 10.0 Å². The summed E-state index contributed by atoms with van der Waals surface area (Å²) in [5, 5.41) is 9.61. The van der Waals surface area contributed by atoms with Gasteiger partial charge in [0.15, 0.2) is 0 Å². The van der Waals surface area contributed by atoms with Gasteiger partial charge in [0.2, 0.25) is 0 Å². The Morgan fingerprint density at radius 3 is 2.71 bits per heavy atom. The molecule has 1 N–H and O–H groups in total. The van der Waals surface area contributed by atoms with Crippen LogP contribution in [0, 0.1) is 6.92 Å². The molecule has 0 aliphatic carbocycles. The first-order valence-corrected chi connectivity index (χ1v) is 5.12. The molecule has 4 nitrogen and oxygen atoms in total. The van der Waals surface area contributed by atoms with Gasteiger partial charge in [0.25, 0.3) is 0 Å². The molecule has 78 valence electrons. The van der Waals surface area contributed by atoms with E-state index in [1.807, 2.05) is 25.9 Å². The lowest BCUT2D eigenvalue weighted by molar-refractivity contribution is -0.136. The first-order chi connectivity index (χ1) is 6.49. The maximum atomic E-state index is 10.6. The fraction of sp³-hybridized carbons (Fsp3) is 0.556. The average molecular weight is 214 g/mol. The van der Waals surface area contributed by atoms with Crippen LogP contribution < -0.4 is 0 Å². The smallest absolute Gasteiger partial charge is 0.309 e. The molecule has 0 aliphatic rings. The molecule has 14 heavy (non-hydrogen) atoms. The summed E-state index contributed by atoms with van der Waals surface area (Å²) in [5.74, 6) is -0.824. The lowest BCUT2D eigenvalue weighted by Crippen LogP contribution is -2.12. The zero-order valence-corrected chi connectivity index (χ0v) is 9.39. The van der Waals surface area contributed by atoms with Crippen LogP contribution in [-0.4, -0.2) is 35.1 Å².